The first kappa shape index (κ1) is 13.9. The zero-order chi connectivity index (χ0) is 15.1. The molecule has 0 aliphatic carbocycles. The molecule has 6 heteroatoms. The minimum absolute atomic E-state index is 0.0352. The number of ether oxygens (including phenoxy) is 1. The smallest absolute Gasteiger partial charge is 0.299 e. The van der Waals surface area contributed by atoms with Crippen molar-refractivity contribution in [2.45, 2.75) is 13.3 Å². The number of ketones is 2. The quantitative estimate of drug-likeness (QED) is 0.787. The standard InChI is InChI=1S/C15H14FNO4/c1-8-4-10-13(11(16)5-8)17(15(20)14(10)19)6-12(18)9-2-3-21-7-9/h4-5,9H,2-3,6-7H2,1H3. The third kappa shape index (κ3) is 2.25. The van der Waals surface area contributed by atoms with Crippen molar-refractivity contribution in [3.8, 4) is 0 Å². The van der Waals surface area contributed by atoms with E-state index in [1.807, 2.05) is 0 Å². The van der Waals surface area contributed by atoms with Crippen LogP contribution in [-0.4, -0.2) is 37.2 Å². The van der Waals surface area contributed by atoms with Gasteiger partial charge in [0.25, 0.3) is 11.7 Å². The van der Waals surface area contributed by atoms with Gasteiger partial charge >= 0.3 is 0 Å². The van der Waals surface area contributed by atoms with Crippen molar-refractivity contribution >= 4 is 23.2 Å². The number of anilines is 1. The average molecular weight is 291 g/mol. The monoisotopic (exact) mass is 291 g/mol. The lowest BCUT2D eigenvalue weighted by Crippen LogP contribution is -2.37. The van der Waals surface area contributed by atoms with Gasteiger partial charge in [0.15, 0.2) is 5.78 Å². The fraction of sp³-hybridized carbons (Fsp3) is 0.400. The predicted octanol–water partition coefficient (Wildman–Crippen LogP) is 1.27. The molecule has 2 aliphatic rings. The summed E-state index contributed by atoms with van der Waals surface area (Å²) in [5.74, 6) is -2.75. The minimum atomic E-state index is -0.846. The molecule has 1 unspecified atom stereocenters. The fourth-order valence-electron chi connectivity index (χ4n) is 2.75. The molecule has 0 saturated carbocycles. The molecule has 110 valence electrons. The van der Waals surface area contributed by atoms with Gasteiger partial charge in [-0.25, -0.2) is 4.39 Å². The highest BCUT2D eigenvalue weighted by atomic mass is 19.1. The van der Waals surface area contributed by atoms with Crippen LogP contribution >= 0.6 is 0 Å². The van der Waals surface area contributed by atoms with E-state index in [0.717, 1.165) is 4.90 Å². The Labute approximate surface area is 120 Å². The summed E-state index contributed by atoms with van der Waals surface area (Å²) in [5, 5.41) is 0. The van der Waals surface area contributed by atoms with Crippen LogP contribution in [0.25, 0.3) is 0 Å². The second kappa shape index (κ2) is 5.04. The lowest BCUT2D eigenvalue weighted by molar-refractivity contribution is -0.123. The Bertz CT molecular complexity index is 649. The number of carbonyl (C=O) groups is 3. The average Bonchev–Trinajstić information content (AvgIpc) is 3.03. The largest absolute Gasteiger partial charge is 0.381 e. The summed E-state index contributed by atoms with van der Waals surface area (Å²) >= 11 is 0. The molecule has 1 fully saturated rings. The van der Waals surface area contributed by atoms with Gasteiger partial charge in [0, 0.05) is 12.5 Å². The molecule has 1 amide bonds. The lowest BCUT2D eigenvalue weighted by atomic mass is 10.0. The van der Waals surface area contributed by atoms with E-state index < -0.39 is 17.5 Å². The Morgan fingerprint density at radius 2 is 2.19 bits per heavy atom. The predicted molar refractivity (Wildman–Crippen MR) is 71.8 cm³/mol. The van der Waals surface area contributed by atoms with Crippen molar-refractivity contribution in [3.63, 3.8) is 0 Å². The Balaban J connectivity index is 1.92. The molecule has 0 radical (unpaired) electrons. The summed E-state index contributed by atoms with van der Waals surface area (Å²) in [7, 11) is 0. The molecular weight excluding hydrogens is 277 g/mol. The topological polar surface area (TPSA) is 63.7 Å². The molecule has 2 heterocycles. The number of benzene rings is 1. The maximum atomic E-state index is 14.1. The Hall–Kier alpha value is -2.08. The van der Waals surface area contributed by atoms with Crippen LogP contribution in [0.15, 0.2) is 12.1 Å². The lowest BCUT2D eigenvalue weighted by Gasteiger charge is -2.18. The zero-order valence-corrected chi connectivity index (χ0v) is 11.5. The number of fused-ring (bicyclic) bond motifs is 1. The first-order chi connectivity index (χ1) is 9.99. The summed E-state index contributed by atoms with van der Waals surface area (Å²) in [6, 6.07) is 2.72. The van der Waals surface area contributed by atoms with Gasteiger partial charge in [-0.1, -0.05) is 0 Å². The molecule has 0 aromatic heterocycles. The van der Waals surface area contributed by atoms with Crippen LogP contribution in [0.5, 0.6) is 0 Å². The van der Waals surface area contributed by atoms with Crippen LogP contribution in [0.3, 0.4) is 0 Å². The Morgan fingerprint density at radius 1 is 1.43 bits per heavy atom. The summed E-state index contributed by atoms with van der Waals surface area (Å²) in [6.07, 6.45) is 0.595. The number of hydrogen-bond acceptors (Lipinski definition) is 4. The van der Waals surface area contributed by atoms with E-state index in [1.165, 1.54) is 12.1 Å². The first-order valence-electron chi connectivity index (χ1n) is 6.76. The molecule has 1 aromatic rings. The third-order valence-corrected chi connectivity index (χ3v) is 3.86. The van der Waals surface area contributed by atoms with E-state index in [1.54, 1.807) is 6.92 Å². The summed E-state index contributed by atoms with van der Waals surface area (Å²) in [6.45, 7) is 2.18. The number of aryl methyl sites for hydroxylation is 1. The highest BCUT2D eigenvalue weighted by Gasteiger charge is 2.40. The number of Topliss-reactive ketones (excluding diaryl/α,β-unsaturated/α-hetero) is 2. The van der Waals surface area contributed by atoms with Crippen LogP contribution in [0, 0.1) is 18.7 Å². The molecule has 0 bridgehead atoms. The summed E-state index contributed by atoms with van der Waals surface area (Å²) in [4.78, 5) is 37.0. The number of halogens is 1. The highest BCUT2D eigenvalue weighted by molar-refractivity contribution is 6.52. The SMILES string of the molecule is Cc1cc(F)c2c(c1)C(=O)C(=O)N2CC(=O)C1CCOC1. The van der Waals surface area contributed by atoms with E-state index in [4.69, 9.17) is 4.74 Å². The molecule has 5 nitrogen and oxygen atoms in total. The second-order valence-electron chi connectivity index (χ2n) is 5.39. The number of nitrogens with zero attached hydrogens (tertiary/aromatic N) is 1. The first-order valence-corrected chi connectivity index (χ1v) is 6.76. The van der Waals surface area contributed by atoms with Crippen LogP contribution in [0.1, 0.15) is 22.3 Å². The van der Waals surface area contributed by atoms with Crippen LogP contribution < -0.4 is 4.90 Å². The molecule has 21 heavy (non-hydrogen) atoms. The van der Waals surface area contributed by atoms with Gasteiger partial charge in [-0.3, -0.25) is 19.3 Å². The van der Waals surface area contributed by atoms with E-state index >= 15 is 0 Å². The summed E-state index contributed by atoms with van der Waals surface area (Å²) in [5.41, 5.74) is 0.514. The number of hydrogen-bond donors (Lipinski definition) is 0. The van der Waals surface area contributed by atoms with Gasteiger partial charge in [-0.15, -0.1) is 0 Å². The van der Waals surface area contributed by atoms with Crippen LogP contribution in [0.2, 0.25) is 0 Å². The van der Waals surface area contributed by atoms with Crippen LogP contribution in [-0.2, 0) is 14.3 Å². The maximum Gasteiger partial charge on any atom is 0.299 e. The molecule has 1 atom stereocenters. The van der Waals surface area contributed by atoms with Crippen molar-refractivity contribution < 1.29 is 23.5 Å². The Morgan fingerprint density at radius 3 is 2.86 bits per heavy atom. The van der Waals surface area contributed by atoms with Crippen molar-refractivity contribution in [3.05, 3.63) is 29.1 Å². The van der Waals surface area contributed by atoms with Gasteiger partial charge in [0.05, 0.1) is 24.4 Å². The fourth-order valence-corrected chi connectivity index (χ4v) is 2.75. The molecule has 3 rings (SSSR count). The van der Waals surface area contributed by atoms with Crippen molar-refractivity contribution in [1.82, 2.24) is 0 Å². The molecule has 1 saturated heterocycles. The molecule has 0 spiro atoms. The molecule has 0 N–H and O–H groups in total. The summed E-state index contributed by atoms with van der Waals surface area (Å²) < 4.78 is 19.2. The second-order valence-corrected chi connectivity index (χ2v) is 5.39. The third-order valence-electron chi connectivity index (χ3n) is 3.86. The van der Waals surface area contributed by atoms with Crippen molar-refractivity contribution in [1.29, 1.82) is 0 Å². The number of amides is 1. The number of carbonyl (C=O) groups excluding carboxylic acids is 3. The van der Waals surface area contributed by atoms with E-state index in [-0.39, 0.29) is 29.5 Å². The van der Waals surface area contributed by atoms with Crippen LogP contribution in [0.4, 0.5) is 10.1 Å². The van der Waals surface area contributed by atoms with Gasteiger partial charge < -0.3 is 4.74 Å². The van der Waals surface area contributed by atoms with E-state index in [2.05, 4.69) is 0 Å². The van der Waals surface area contributed by atoms with Gasteiger partial charge in [0.1, 0.15) is 5.82 Å². The van der Waals surface area contributed by atoms with E-state index in [9.17, 15) is 18.8 Å². The zero-order valence-electron chi connectivity index (χ0n) is 11.5. The molecular formula is C15H14FNO4. The van der Waals surface area contributed by atoms with Gasteiger partial charge in [0.2, 0.25) is 0 Å². The van der Waals surface area contributed by atoms with Gasteiger partial charge in [-0.05, 0) is 31.0 Å². The highest BCUT2D eigenvalue weighted by Crippen LogP contribution is 2.33. The molecule has 2 aliphatic heterocycles. The van der Waals surface area contributed by atoms with Gasteiger partial charge in [-0.2, -0.15) is 0 Å². The normalized spacial score (nSPS) is 21.0. The van der Waals surface area contributed by atoms with Crippen molar-refractivity contribution in [2.24, 2.45) is 5.92 Å². The van der Waals surface area contributed by atoms with E-state index in [0.29, 0.717) is 25.2 Å². The number of rotatable bonds is 3. The minimum Gasteiger partial charge on any atom is -0.381 e. The van der Waals surface area contributed by atoms with Crippen molar-refractivity contribution in [2.75, 3.05) is 24.7 Å². The Kier molecular flexibility index (Phi) is 3.33. The molecule has 1 aromatic carbocycles. The maximum absolute atomic E-state index is 14.1.